The Morgan fingerprint density at radius 2 is 1.39 bits per heavy atom. The van der Waals surface area contributed by atoms with Gasteiger partial charge in [0.1, 0.15) is 12.7 Å². The number of amides is 2. The monoisotopic (exact) mass is 678 g/mol. The van der Waals surface area contributed by atoms with Crippen molar-refractivity contribution in [3.8, 4) is 0 Å². The molecule has 13 nitrogen and oxygen atoms in total. The summed E-state index contributed by atoms with van der Waals surface area (Å²) < 4.78 is 50.4. The number of aromatic nitrogens is 4. The van der Waals surface area contributed by atoms with Gasteiger partial charge in [-0.3, -0.25) is 19.5 Å². The Bertz CT molecular complexity index is 1870. The van der Waals surface area contributed by atoms with Gasteiger partial charge in [0.25, 0.3) is 0 Å². The summed E-state index contributed by atoms with van der Waals surface area (Å²) in [5.41, 5.74) is -1.88. The number of nitrogens with zero attached hydrogens (tertiary/aromatic N) is 4. The van der Waals surface area contributed by atoms with Crippen molar-refractivity contribution in [1.29, 1.82) is 0 Å². The average Bonchev–Trinajstić information content (AvgIpc) is 3.57. The Kier molecular flexibility index (Phi) is 9.50. The molecule has 2 aromatic heterocycles. The molecule has 0 spiro atoms. The maximum Gasteiger partial charge on any atom is 0.338 e. The molecule has 2 aromatic carbocycles. The molecule has 1 aliphatic rings. The maximum absolute atomic E-state index is 16.5. The van der Waals surface area contributed by atoms with Crippen LogP contribution >= 0.6 is 0 Å². The van der Waals surface area contributed by atoms with E-state index in [9.17, 15) is 19.2 Å². The van der Waals surface area contributed by atoms with Crippen molar-refractivity contribution >= 4 is 46.7 Å². The van der Waals surface area contributed by atoms with Crippen LogP contribution < -0.4 is 10.6 Å². The van der Waals surface area contributed by atoms with E-state index in [1.54, 1.807) is 77.9 Å². The fourth-order valence-corrected chi connectivity index (χ4v) is 4.64. The summed E-state index contributed by atoms with van der Waals surface area (Å²) in [4.78, 5) is 64.3. The van der Waals surface area contributed by atoms with Gasteiger partial charge >= 0.3 is 17.9 Å². The van der Waals surface area contributed by atoms with E-state index in [1.165, 1.54) is 24.3 Å². The summed E-state index contributed by atoms with van der Waals surface area (Å²) in [5.74, 6) is -7.19. The van der Waals surface area contributed by atoms with Gasteiger partial charge in [-0.2, -0.15) is 18.7 Å². The Morgan fingerprint density at radius 3 is 1.96 bits per heavy atom. The highest BCUT2D eigenvalue weighted by Crippen LogP contribution is 2.46. The van der Waals surface area contributed by atoms with Crippen LogP contribution in [0.5, 0.6) is 0 Å². The number of fused-ring (bicyclic) bond motifs is 1. The minimum atomic E-state index is -3.95. The molecule has 258 valence electrons. The van der Waals surface area contributed by atoms with Crippen LogP contribution in [0.15, 0.2) is 67.0 Å². The molecule has 5 rings (SSSR count). The third-order valence-corrected chi connectivity index (χ3v) is 7.48. The van der Waals surface area contributed by atoms with Crippen LogP contribution in [0.2, 0.25) is 0 Å². The highest BCUT2D eigenvalue weighted by Gasteiger charge is 2.63. The van der Waals surface area contributed by atoms with Gasteiger partial charge in [-0.05, 0) is 24.3 Å². The van der Waals surface area contributed by atoms with Gasteiger partial charge in [0, 0.05) is 10.8 Å². The number of carbonyl (C=O) groups is 4. The van der Waals surface area contributed by atoms with Gasteiger partial charge in [0.15, 0.2) is 23.1 Å². The van der Waals surface area contributed by atoms with E-state index in [-0.39, 0.29) is 34.1 Å². The third-order valence-electron chi connectivity index (χ3n) is 7.48. The van der Waals surface area contributed by atoms with E-state index < -0.39 is 65.5 Å². The van der Waals surface area contributed by atoms with Crippen molar-refractivity contribution in [2.75, 3.05) is 17.2 Å². The van der Waals surface area contributed by atoms with Crippen LogP contribution in [0.25, 0.3) is 11.2 Å². The van der Waals surface area contributed by atoms with Crippen molar-refractivity contribution < 1.29 is 42.2 Å². The number of ether oxygens (including phenoxy) is 3. The Hall–Kier alpha value is -5.31. The predicted octanol–water partition coefficient (Wildman–Crippen LogP) is 5.41. The topological polar surface area (TPSA) is 164 Å². The molecule has 1 fully saturated rings. The maximum atomic E-state index is 16.5. The molecule has 4 aromatic rings. The van der Waals surface area contributed by atoms with E-state index >= 15 is 8.78 Å². The van der Waals surface area contributed by atoms with Gasteiger partial charge < -0.3 is 19.5 Å². The fourth-order valence-electron chi connectivity index (χ4n) is 4.64. The smallest absolute Gasteiger partial charge is 0.338 e. The summed E-state index contributed by atoms with van der Waals surface area (Å²) >= 11 is 0. The number of carbonyl (C=O) groups excluding carboxylic acids is 4. The minimum Gasteiger partial charge on any atom is -0.459 e. The van der Waals surface area contributed by atoms with Gasteiger partial charge in [0.05, 0.1) is 17.5 Å². The van der Waals surface area contributed by atoms with E-state index in [4.69, 9.17) is 14.2 Å². The normalized spacial score (nSPS) is 18.9. The van der Waals surface area contributed by atoms with Crippen molar-refractivity contribution in [3.05, 3.63) is 78.1 Å². The molecule has 0 aliphatic carbocycles. The Balaban J connectivity index is 1.55. The average molecular weight is 679 g/mol. The summed E-state index contributed by atoms with van der Waals surface area (Å²) in [6, 6.07) is 15.4. The number of anilines is 2. The number of imidazole rings is 1. The molecular formula is C34H36F2N6O7. The lowest BCUT2D eigenvalue weighted by molar-refractivity contribution is -0.140. The van der Waals surface area contributed by atoms with Crippen molar-refractivity contribution in [3.63, 3.8) is 0 Å². The fraction of sp³-hybridized carbons (Fsp3) is 0.382. The second-order valence-electron chi connectivity index (χ2n) is 13.5. The van der Waals surface area contributed by atoms with Crippen LogP contribution in [0.3, 0.4) is 0 Å². The van der Waals surface area contributed by atoms with Crippen LogP contribution in [-0.4, -0.2) is 68.0 Å². The minimum absolute atomic E-state index is 0.0149. The van der Waals surface area contributed by atoms with E-state index in [1.807, 2.05) is 0 Å². The van der Waals surface area contributed by atoms with E-state index in [2.05, 4.69) is 25.6 Å². The second kappa shape index (κ2) is 13.3. The van der Waals surface area contributed by atoms with Crippen LogP contribution in [0.1, 0.15) is 68.5 Å². The number of esters is 2. The molecule has 1 saturated heterocycles. The van der Waals surface area contributed by atoms with Crippen molar-refractivity contribution in [1.82, 2.24) is 19.5 Å². The second-order valence-corrected chi connectivity index (χ2v) is 13.5. The quantitative estimate of drug-likeness (QED) is 0.230. The van der Waals surface area contributed by atoms with E-state index in [0.717, 1.165) is 10.9 Å². The summed E-state index contributed by atoms with van der Waals surface area (Å²) in [7, 11) is 0. The number of benzene rings is 2. The van der Waals surface area contributed by atoms with E-state index in [0.29, 0.717) is 0 Å². The molecule has 2 N–H and O–H groups in total. The van der Waals surface area contributed by atoms with Crippen LogP contribution in [0, 0.1) is 10.8 Å². The Morgan fingerprint density at radius 1 is 0.837 bits per heavy atom. The molecule has 2 amide bonds. The molecule has 0 unspecified atom stereocenters. The first kappa shape index (κ1) is 35.0. The van der Waals surface area contributed by atoms with Gasteiger partial charge in [-0.15, -0.1) is 0 Å². The summed E-state index contributed by atoms with van der Waals surface area (Å²) in [6.07, 6.45) is -5.05. The van der Waals surface area contributed by atoms with Crippen LogP contribution in [-0.2, 0) is 23.8 Å². The first-order valence-electron chi connectivity index (χ1n) is 15.4. The van der Waals surface area contributed by atoms with Gasteiger partial charge in [0.2, 0.25) is 24.0 Å². The zero-order valence-corrected chi connectivity index (χ0v) is 27.7. The SMILES string of the molecule is CC(C)(C)C(=O)Nc1nc(NC(=O)C(C)(C)C)c2ncn([C@@H]3O[C@H](COC(=O)c4ccccc4)[C@@H](OC(=O)c4ccccc4)C3(F)F)c2n1. The molecule has 0 radical (unpaired) electrons. The summed E-state index contributed by atoms with van der Waals surface area (Å²) in [5, 5.41) is 5.20. The standard InChI is InChI=1S/C34H36F2N6O7/c1-32(2,3)28(45)38-24-22-25(40-31(39-24)41-29(46)33(4,5)6)42(18-37-22)30-34(35,36)23(49-27(44)20-15-11-8-12-16-20)21(48-30)17-47-26(43)19-13-9-7-10-14-19/h7-16,18,21,23,30H,17H2,1-6H3,(H2,38,39,40,41,45,46)/t21-,23-,30-/m1/s1. The zero-order chi connectivity index (χ0) is 35.7. The van der Waals surface area contributed by atoms with Crippen LogP contribution in [0.4, 0.5) is 20.5 Å². The number of hydrogen-bond acceptors (Lipinski definition) is 10. The number of alkyl halides is 2. The molecule has 3 atom stereocenters. The lowest BCUT2D eigenvalue weighted by atomic mass is 9.96. The number of hydrogen-bond donors (Lipinski definition) is 2. The number of nitrogens with one attached hydrogen (secondary N) is 2. The third kappa shape index (κ3) is 7.56. The zero-order valence-electron chi connectivity index (χ0n) is 27.7. The molecule has 15 heteroatoms. The highest BCUT2D eigenvalue weighted by atomic mass is 19.3. The predicted molar refractivity (Wildman–Crippen MR) is 173 cm³/mol. The molecule has 3 heterocycles. The molecular weight excluding hydrogens is 642 g/mol. The lowest BCUT2D eigenvalue weighted by Gasteiger charge is -2.24. The first-order chi connectivity index (χ1) is 23.0. The van der Waals surface area contributed by atoms with Gasteiger partial charge in [-0.25, -0.2) is 14.6 Å². The highest BCUT2D eigenvalue weighted by molar-refractivity contribution is 6.01. The lowest BCUT2D eigenvalue weighted by Crippen LogP contribution is -2.43. The Labute approximate surface area is 280 Å². The first-order valence-corrected chi connectivity index (χ1v) is 15.4. The van der Waals surface area contributed by atoms with Crippen molar-refractivity contribution in [2.45, 2.75) is 65.9 Å². The molecule has 0 saturated carbocycles. The molecule has 0 bridgehead atoms. The van der Waals surface area contributed by atoms with Gasteiger partial charge in [-0.1, -0.05) is 77.9 Å². The molecule has 1 aliphatic heterocycles. The molecule has 49 heavy (non-hydrogen) atoms. The number of rotatable bonds is 8. The number of halogens is 2. The van der Waals surface area contributed by atoms with Crippen molar-refractivity contribution in [2.24, 2.45) is 10.8 Å². The summed E-state index contributed by atoms with van der Waals surface area (Å²) in [6.45, 7) is 9.25. The largest absolute Gasteiger partial charge is 0.459 e.